The van der Waals surface area contributed by atoms with E-state index in [1.165, 1.54) is 54.5 Å². The number of ether oxygens (including phenoxy) is 1. The molecule has 0 bridgehead atoms. The van der Waals surface area contributed by atoms with E-state index in [4.69, 9.17) is 16.3 Å². The van der Waals surface area contributed by atoms with Gasteiger partial charge in [-0.05, 0) is 54.4 Å². The highest BCUT2D eigenvalue weighted by Crippen LogP contribution is 2.32. The third kappa shape index (κ3) is 6.20. The minimum absolute atomic E-state index is 0.0546. The Morgan fingerprint density at radius 1 is 1.03 bits per heavy atom. The number of anilines is 1. The van der Waals surface area contributed by atoms with Crippen molar-refractivity contribution in [1.29, 1.82) is 0 Å². The summed E-state index contributed by atoms with van der Waals surface area (Å²) in [4.78, 5) is 16.4. The second kappa shape index (κ2) is 11.5. The predicted molar refractivity (Wildman–Crippen MR) is 138 cm³/mol. The maximum absolute atomic E-state index is 14.2. The van der Waals surface area contributed by atoms with Crippen LogP contribution in [0.1, 0.15) is 15.9 Å². The van der Waals surface area contributed by atoms with E-state index < -0.39 is 21.7 Å². The Bertz CT molecular complexity index is 1360. The molecule has 1 amide bonds. The summed E-state index contributed by atoms with van der Waals surface area (Å²) in [5.41, 5.74) is 1.22. The number of methoxy groups -OCH3 is 1. The molecule has 0 spiro atoms. The lowest BCUT2D eigenvalue weighted by molar-refractivity contribution is 0.0742. The second-order valence-electron chi connectivity index (χ2n) is 8.48. The Kier molecular flexibility index (Phi) is 8.31. The van der Waals surface area contributed by atoms with E-state index in [0.717, 1.165) is 5.56 Å². The molecule has 37 heavy (non-hydrogen) atoms. The van der Waals surface area contributed by atoms with Crippen molar-refractivity contribution in [3.05, 3.63) is 88.4 Å². The molecule has 1 heterocycles. The van der Waals surface area contributed by atoms with Crippen LogP contribution in [0.5, 0.6) is 5.75 Å². The van der Waals surface area contributed by atoms with Crippen molar-refractivity contribution >= 4 is 33.2 Å². The van der Waals surface area contributed by atoms with E-state index in [-0.39, 0.29) is 27.8 Å². The van der Waals surface area contributed by atoms with Gasteiger partial charge in [-0.2, -0.15) is 0 Å². The Hall–Kier alpha value is -3.21. The standard InChI is InChI=1S/C26H26ClF2N3O4S/c1-36-24-10-9-20(37(34,35)30-12-11-18-5-7-19(28)8-6-18)17-23(24)31-13-15-32(16-14-31)26(33)25-21(27)3-2-4-22(25)29/h2-10,17,30H,11-16H2,1H3. The van der Waals surface area contributed by atoms with Crippen LogP contribution < -0.4 is 14.4 Å². The maximum Gasteiger partial charge on any atom is 0.258 e. The van der Waals surface area contributed by atoms with Gasteiger partial charge in [0.2, 0.25) is 10.0 Å². The molecule has 0 aliphatic carbocycles. The van der Waals surface area contributed by atoms with Crippen molar-refractivity contribution in [1.82, 2.24) is 9.62 Å². The molecule has 11 heteroatoms. The van der Waals surface area contributed by atoms with Gasteiger partial charge in [0.25, 0.3) is 5.91 Å². The first-order chi connectivity index (χ1) is 17.7. The lowest BCUT2D eigenvalue weighted by Gasteiger charge is -2.37. The van der Waals surface area contributed by atoms with Gasteiger partial charge in [0, 0.05) is 32.7 Å². The molecule has 3 aromatic rings. The fourth-order valence-corrected chi connectivity index (χ4v) is 5.45. The number of nitrogens with zero attached hydrogens (tertiary/aromatic N) is 2. The van der Waals surface area contributed by atoms with Crippen molar-refractivity contribution < 1.29 is 26.7 Å². The van der Waals surface area contributed by atoms with Crippen LogP contribution in [0, 0.1) is 11.6 Å². The zero-order valence-electron chi connectivity index (χ0n) is 20.1. The maximum atomic E-state index is 14.2. The molecule has 0 aromatic heterocycles. The van der Waals surface area contributed by atoms with Gasteiger partial charge in [-0.25, -0.2) is 21.9 Å². The lowest BCUT2D eigenvalue weighted by Crippen LogP contribution is -2.49. The zero-order chi connectivity index (χ0) is 26.6. The van der Waals surface area contributed by atoms with Crippen LogP contribution in [-0.4, -0.2) is 59.1 Å². The lowest BCUT2D eigenvalue weighted by atomic mass is 10.1. The third-order valence-corrected chi connectivity index (χ3v) is 7.94. The molecule has 4 rings (SSSR count). The molecule has 196 valence electrons. The van der Waals surface area contributed by atoms with Crippen molar-refractivity contribution in [2.24, 2.45) is 0 Å². The van der Waals surface area contributed by atoms with Gasteiger partial charge in [-0.1, -0.05) is 29.8 Å². The van der Waals surface area contributed by atoms with Crippen LogP contribution in [0.2, 0.25) is 5.02 Å². The number of amides is 1. The Balaban J connectivity index is 1.44. The fourth-order valence-electron chi connectivity index (χ4n) is 4.16. The zero-order valence-corrected chi connectivity index (χ0v) is 21.7. The minimum Gasteiger partial charge on any atom is -0.495 e. The number of carbonyl (C=O) groups is 1. The number of benzene rings is 3. The van der Waals surface area contributed by atoms with Crippen LogP contribution in [0.15, 0.2) is 65.6 Å². The molecule has 0 unspecified atom stereocenters. The number of halogens is 3. The summed E-state index contributed by atoms with van der Waals surface area (Å²) < 4.78 is 61.2. The predicted octanol–water partition coefficient (Wildman–Crippen LogP) is 4.11. The molecule has 0 saturated carbocycles. The van der Waals surface area contributed by atoms with Crippen molar-refractivity contribution in [2.75, 3.05) is 44.7 Å². The van der Waals surface area contributed by atoms with Gasteiger partial charge < -0.3 is 14.5 Å². The average molecular weight is 550 g/mol. The molecule has 0 radical (unpaired) electrons. The first-order valence-corrected chi connectivity index (χ1v) is 13.5. The van der Waals surface area contributed by atoms with E-state index >= 15 is 0 Å². The van der Waals surface area contributed by atoms with E-state index in [0.29, 0.717) is 44.0 Å². The summed E-state index contributed by atoms with van der Waals surface area (Å²) in [5, 5.41) is 0.0546. The van der Waals surface area contributed by atoms with E-state index in [1.54, 1.807) is 18.2 Å². The summed E-state index contributed by atoms with van der Waals surface area (Å²) in [6.45, 7) is 1.50. The molecule has 3 aromatic carbocycles. The van der Waals surface area contributed by atoms with Gasteiger partial charge in [-0.3, -0.25) is 4.79 Å². The van der Waals surface area contributed by atoms with Gasteiger partial charge in [0.15, 0.2) is 0 Å². The third-order valence-electron chi connectivity index (χ3n) is 6.16. The summed E-state index contributed by atoms with van der Waals surface area (Å²) in [7, 11) is -2.33. The molecule has 7 nitrogen and oxygen atoms in total. The van der Waals surface area contributed by atoms with Crippen LogP contribution in [0.25, 0.3) is 0 Å². The molecule has 1 aliphatic heterocycles. The number of hydrogen-bond donors (Lipinski definition) is 1. The first-order valence-electron chi connectivity index (χ1n) is 11.6. The summed E-state index contributed by atoms with van der Waals surface area (Å²) in [5.74, 6) is -1.03. The molecule has 0 atom stereocenters. The average Bonchev–Trinajstić information content (AvgIpc) is 2.89. The van der Waals surface area contributed by atoms with Gasteiger partial charge in [0.05, 0.1) is 28.3 Å². The SMILES string of the molecule is COc1ccc(S(=O)(=O)NCCc2ccc(F)cc2)cc1N1CCN(C(=O)c2c(F)cccc2Cl)CC1. The number of sulfonamides is 1. The molecule has 1 N–H and O–H groups in total. The highest BCUT2D eigenvalue weighted by Gasteiger charge is 2.28. The number of nitrogens with one attached hydrogen (secondary N) is 1. The van der Waals surface area contributed by atoms with Crippen LogP contribution in [0.3, 0.4) is 0 Å². The second-order valence-corrected chi connectivity index (χ2v) is 10.7. The smallest absolute Gasteiger partial charge is 0.258 e. The van der Waals surface area contributed by atoms with Crippen LogP contribution in [0.4, 0.5) is 14.5 Å². The molecule has 1 aliphatic rings. The van der Waals surface area contributed by atoms with Crippen molar-refractivity contribution in [3.63, 3.8) is 0 Å². The first kappa shape index (κ1) is 26.8. The molecular weight excluding hydrogens is 524 g/mol. The quantitative estimate of drug-likeness (QED) is 0.457. The summed E-state index contributed by atoms with van der Waals surface area (Å²) in [6.07, 6.45) is 0.407. The number of rotatable bonds is 8. The highest BCUT2D eigenvalue weighted by molar-refractivity contribution is 7.89. The Morgan fingerprint density at radius 3 is 2.38 bits per heavy atom. The van der Waals surface area contributed by atoms with Crippen molar-refractivity contribution in [2.45, 2.75) is 11.3 Å². The Morgan fingerprint density at radius 2 is 1.73 bits per heavy atom. The number of hydrogen-bond acceptors (Lipinski definition) is 5. The normalized spacial score (nSPS) is 14.1. The summed E-state index contributed by atoms with van der Waals surface area (Å²) in [6, 6.07) is 14.6. The van der Waals surface area contributed by atoms with Gasteiger partial charge in [0.1, 0.15) is 17.4 Å². The van der Waals surface area contributed by atoms with Crippen LogP contribution in [-0.2, 0) is 16.4 Å². The van der Waals surface area contributed by atoms with Crippen molar-refractivity contribution in [3.8, 4) is 5.75 Å². The Labute approximate surface area is 219 Å². The van der Waals surface area contributed by atoms with E-state index in [2.05, 4.69) is 4.72 Å². The molecule has 1 fully saturated rings. The fraction of sp³-hybridized carbons (Fsp3) is 0.269. The highest BCUT2D eigenvalue weighted by atomic mass is 35.5. The molecular formula is C26H26ClF2N3O4S. The van der Waals surface area contributed by atoms with Gasteiger partial charge in [-0.15, -0.1) is 0 Å². The topological polar surface area (TPSA) is 79.0 Å². The minimum atomic E-state index is -3.82. The largest absolute Gasteiger partial charge is 0.495 e. The number of piperazine rings is 1. The van der Waals surface area contributed by atoms with Gasteiger partial charge >= 0.3 is 0 Å². The van der Waals surface area contributed by atoms with E-state index in [9.17, 15) is 22.0 Å². The number of carbonyl (C=O) groups excluding carboxylic acids is 1. The monoisotopic (exact) mass is 549 g/mol. The summed E-state index contributed by atoms with van der Waals surface area (Å²) >= 11 is 6.05. The molecule has 1 saturated heterocycles. The van der Waals surface area contributed by atoms with E-state index in [1.807, 2.05) is 4.90 Å². The van der Waals surface area contributed by atoms with Crippen LogP contribution >= 0.6 is 11.6 Å².